The lowest BCUT2D eigenvalue weighted by molar-refractivity contribution is -0.148. The molecule has 4 unspecified atom stereocenters. The molecule has 0 aromatic rings. The average Bonchev–Trinajstić information content (AvgIpc) is 2.83. The van der Waals surface area contributed by atoms with Crippen LogP contribution in [0.15, 0.2) is 0 Å². The van der Waals surface area contributed by atoms with Gasteiger partial charge in [0.1, 0.15) is 6.04 Å². The lowest BCUT2D eigenvalue weighted by Gasteiger charge is -2.24. The van der Waals surface area contributed by atoms with E-state index in [4.69, 9.17) is 5.11 Å². The summed E-state index contributed by atoms with van der Waals surface area (Å²) < 4.78 is 0. The topological polar surface area (TPSA) is 110 Å². The number of β-amino-alcohol motifs (C(OH)–C–C–N with tert-alkyl or cyclic N) is 2. The van der Waals surface area contributed by atoms with E-state index >= 15 is 0 Å². The van der Waals surface area contributed by atoms with Gasteiger partial charge in [-0.3, -0.25) is 4.79 Å². The summed E-state index contributed by atoms with van der Waals surface area (Å²) in [5, 5.41) is 30.6. The van der Waals surface area contributed by atoms with E-state index in [1.807, 2.05) is 0 Å². The molecule has 2 aliphatic rings. The number of rotatable bonds is 2. The van der Waals surface area contributed by atoms with Crippen molar-refractivity contribution in [1.29, 1.82) is 0 Å². The maximum atomic E-state index is 12.0. The molecule has 2 fully saturated rings. The van der Waals surface area contributed by atoms with Crippen molar-refractivity contribution < 1.29 is 24.9 Å². The van der Waals surface area contributed by atoms with Crippen molar-refractivity contribution in [3.8, 4) is 0 Å². The van der Waals surface area contributed by atoms with Gasteiger partial charge in [0.05, 0.1) is 18.2 Å². The van der Waals surface area contributed by atoms with E-state index in [2.05, 4.69) is 5.32 Å². The van der Waals surface area contributed by atoms with Gasteiger partial charge in [-0.25, -0.2) is 4.79 Å². The monoisotopic (exact) mass is 244 g/mol. The van der Waals surface area contributed by atoms with E-state index in [-0.39, 0.29) is 25.3 Å². The maximum absolute atomic E-state index is 12.0. The third-order valence-electron chi connectivity index (χ3n) is 3.25. The highest BCUT2D eigenvalue weighted by molar-refractivity contribution is 5.88. The first-order valence-corrected chi connectivity index (χ1v) is 5.62. The second kappa shape index (κ2) is 4.59. The summed E-state index contributed by atoms with van der Waals surface area (Å²) in [6, 6.07) is -1.51. The van der Waals surface area contributed by atoms with Crippen LogP contribution in [0.3, 0.4) is 0 Å². The third kappa shape index (κ3) is 2.41. The van der Waals surface area contributed by atoms with Crippen LogP contribution in [-0.2, 0) is 9.59 Å². The largest absolute Gasteiger partial charge is 0.480 e. The minimum absolute atomic E-state index is 0.0457. The van der Waals surface area contributed by atoms with Gasteiger partial charge in [0.2, 0.25) is 5.91 Å². The first-order chi connectivity index (χ1) is 7.99. The molecular weight excluding hydrogens is 228 g/mol. The van der Waals surface area contributed by atoms with Gasteiger partial charge in [0, 0.05) is 19.5 Å². The average molecular weight is 244 g/mol. The number of hydrogen-bond acceptors (Lipinski definition) is 5. The van der Waals surface area contributed by atoms with Gasteiger partial charge >= 0.3 is 5.97 Å². The van der Waals surface area contributed by atoms with Crippen LogP contribution in [-0.4, -0.2) is 69.5 Å². The normalized spacial score (nSPS) is 37.4. The minimum atomic E-state index is -1.10. The van der Waals surface area contributed by atoms with Crippen LogP contribution in [0, 0.1) is 0 Å². The maximum Gasteiger partial charge on any atom is 0.326 e. The fourth-order valence-corrected chi connectivity index (χ4v) is 2.40. The summed E-state index contributed by atoms with van der Waals surface area (Å²) in [5.41, 5.74) is 0. The molecule has 1 amide bonds. The molecular formula is C10H16N2O5. The zero-order chi connectivity index (χ0) is 12.6. The fraction of sp³-hybridized carbons (Fsp3) is 0.800. The molecule has 0 aromatic heterocycles. The molecule has 4 atom stereocenters. The molecule has 7 nitrogen and oxygen atoms in total. The van der Waals surface area contributed by atoms with E-state index in [9.17, 15) is 19.8 Å². The highest BCUT2D eigenvalue weighted by atomic mass is 16.4. The second-order valence-electron chi connectivity index (χ2n) is 4.58. The molecule has 7 heteroatoms. The number of carboxylic acid groups (broad SMARTS) is 1. The first-order valence-electron chi connectivity index (χ1n) is 5.62. The number of carbonyl (C=O) groups is 2. The minimum Gasteiger partial charge on any atom is -0.480 e. The zero-order valence-corrected chi connectivity index (χ0v) is 9.24. The number of aliphatic hydroxyl groups is 2. The highest BCUT2D eigenvalue weighted by Crippen LogP contribution is 2.21. The van der Waals surface area contributed by atoms with Crippen LogP contribution in [0.4, 0.5) is 0 Å². The predicted octanol–water partition coefficient (Wildman–Crippen LogP) is -2.24. The summed E-state index contributed by atoms with van der Waals surface area (Å²) >= 11 is 0. The SMILES string of the molecule is O=C(O)C1CC(O)CN1C(=O)C1CC(O)CN1. The van der Waals surface area contributed by atoms with Gasteiger partial charge in [-0.2, -0.15) is 0 Å². The van der Waals surface area contributed by atoms with Crippen molar-refractivity contribution in [2.24, 2.45) is 0 Å². The van der Waals surface area contributed by atoms with E-state index in [1.165, 1.54) is 4.90 Å². The van der Waals surface area contributed by atoms with Crippen molar-refractivity contribution in [1.82, 2.24) is 10.2 Å². The van der Waals surface area contributed by atoms with Gasteiger partial charge < -0.3 is 25.5 Å². The Morgan fingerprint density at radius 2 is 1.88 bits per heavy atom. The Morgan fingerprint density at radius 1 is 1.18 bits per heavy atom. The number of aliphatic carboxylic acids is 1. The summed E-state index contributed by atoms with van der Waals surface area (Å²) in [6.07, 6.45) is -1.00. The third-order valence-corrected chi connectivity index (χ3v) is 3.25. The number of carboxylic acids is 1. The Kier molecular flexibility index (Phi) is 3.32. The Morgan fingerprint density at radius 3 is 2.41 bits per heavy atom. The fourth-order valence-electron chi connectivity index (χ4n) is 2.40. The molecule has 0 spiro atoms. The molecule has 0 bridgehead atoms. The molecule has 2 aliphatic heterocycles. The van der Waals surface area contributed by atoms with E-state index in [0.29, 0.717) is 6.54 Å². The molecule has 2 rings (SSSR count). The lowest BCUT2D eigenvalue weighted by atomic mass is 10.1. The summed E-state index contributed by atoms with van der Waals surface area (Å²) in [5.74, 6) is -1.46. The van der Waals surface area contributed by atoms with Crippen molar-refractivity contribution in [3.63, 3.8) is 0 Å². The molecule has 2 saturated heterocycles. The summed E-state index contributed by atoms with van der Waals surface area (Å²) in [6.45, 7) is 0.384. The standard InChI is InChI=1S/C10H16N2O5/c13-5-1-7(11-3-5)9(15)12-4-6(14)2-8(12)10(16)17/h5-8,11,13-14H,1-4H2,(H,16,17). The molecule has 2 heterocycles. The number of carbonyl (C=O) groups excluding carboxylic acids is 1. The number of nitrogens with zero attached hydrogens (tertiary/aromatic N) is 1. The number of nitrogens with one attached hydrogen (secondary N) is 1. The van der Waals surface area contributed by atoms with E-state index in [0.717, 1.165) is 0 Å². The van der Waals surface area contributed by atoms with Crippen LogP contribution in [0.5, 0.6) is 0 Å². The Hall–Kier alpha value is -1.18. The van der Waals surface area contributed by atoms with Gasteiger partial charge in [-0.15, -0.1) is 0 Å². The van der Waals surface area contributed by atoms with Crippen LogP contribution < -0.4 is 5.32 Å². The molecule has 0 aliphatic carbocycles. The van der Waals surface area contributed by atoms with Gasteiger partial charge in [0.15, 0.2) is 0 Å². The van der Waals surface area contributed by atoms with Crippen molar-refractivity contribution in [2.75, 3.05) is 13.1 Å². The van der Waals surface area contributed by atoms with E-state index in [1.54, 1.807) is 0 Å². The molecule has 96 valence electrons. The summed E-state index contributed by atoms with van der Waals surface area (Å²) in [4.78, 5) is 24.2. The summed E-state index contributed by atoms with van der Waals surface area (Å²) in [7, 11) is 0. The van der Waals surface area contributed by atoms with Crippen molar-refractivity contribution >= 4 is 11.9 Å². The lowest BCUT2D eigenvalue weighted by Crippen LogP contribution is -2.48. The molecule has 4 N–H and O–H groups in total. The smallest absolute Gasteiger partial charge is 0.326 e. The molecule has 0 radical (unpaired) electrons. The van der Waals surface area contributed by atoms with Gasteiger partial charge in [-0.1, -0.05) is 0 Å². The first kappa shape index (κ1) is 12.3. The van der Waals surface area contributed by atoms with Crippen LogP contribution in [0.2, 0.25) is 0 Å². The number of amides is 1. The van der Waals surface area contributed by atoms with Crippen LogP contribution in [0.25, 0.3) is 0 Å². The number of aliphatic hydroxyl groups excluding tert-OH is 2. The number of hydrogen-bond donors (Lipinski definition) is 4. The molecule has 0 aromatic carbocycles. The number of likely N-dealkylation sites (tertiary alicyclic amines) is 1. The Balaban J connectivity index is 2.05. The van der Waals surface area contributed by atoms with Gasteiger partial charge in [-0.05, 0) is 6.42 Å². The quantitative estimate of drug-likeness (QED) is 0.437. The predicted molar refractivity (Wildman–Crippen MR) is 56.2 cm³/mol. The highest BCUT2D eigenvalue weighted by Gasteiger charge is 2.42. The Bertz CT molecular complexity index is 335. The zero-order valence-electron chi connectivity index (χ0n) is 9.24. The van der Waals surface area contributed by atoms with Crippen LogP contribution in [0.1, 0.15) is 12.8 Å². The Labute approximate surface area is 98.0 Å². The van der Waals surface area contributed by atoms with Crippen LogP contribution >= 0.6 is 0 Å². The molecule has 0 saturated carbocycles. The van der Waals surface area contributed by atoms with Crippen molar-refractivity contribution in [2.45, 2.75) is 37.1 Å². The van der Waals surface area contributed by atoms with Crippen molar-refractivity contribution in [3.05, 3.63) is 0 Å². The van der Waals surface area contributed by atoms with E-state index < -0.39 is 30.3 Å². The second-order valence-corrected chi connectivity index (χ2v) is 4.58. The molecule has 17 heavy (non-hydrogen) atoms. The van der Waals surface area contributed by atoms with Gasteiger partial charge in [0.25, 0.3) is 0 Å².